The van der Waals surface area contributed by atoms with Crippen molar-refractivity contribution in [3.8, 4) is 0 Å². The van der Waals surface area contributed by atoms with E-state index in [1.807, 2.05) is 19.9 Å². The molecule has 4 N–H and O–H groups in total. The molecule has 164 valence electrons. The van der Waals surface area contributed by atoms with Gasteiger partial charge in [-0.3, -0.25) is 9.82 Å². The zero-order valence-electron chi connectivity index (χ0n) is 16.9. The summed E-state index contributed by atoms with van der Waals surface area (Å²) in [6.45, 7) is 3.77. The van der Waals surface area contributed by atoms with Crippen molar-refractivity contribution < 1.29 is 17.9 Å². The molecule has 2 aromatic heterocycles. The van der Waals surface area contributed by atoms with Gasteiger partial charge in [0.15, 0.2) is 11.0 Å². The van der Waals surface area contributed by atoms with Crippen LogP contribution in [0.1, 0.15) is 44.7 Å². The lowest BCUT2D eigenvalue weighted by Gasteiger charge is -2.14. The van der Waals surface area contributed by atoms with Crippen molar-refractivity contribution in [2.45, 2.75) is 51.2 Å². The van der Waals surface area contributed by atoms with E-state index < -0.39 is 10.0 Å². The second-order valence-electron chi connectivity index (χ2n) is 7.58. The van der Waals surface area contributed by atoms with E-state index in [9.17, 15) is 13.2 Å². The fraction of sp³-hybridized carbons (Fsp3) is 0.500. The molecule has 10 nitrogen and oxygen atoms in total. The first-order chi connectivity index (χ1) is 14.1. The number of ether oxygens (including phenoxy) is 1. The Morgan fingerprint density at radius 3 is 2.73 bits per heavy atom. The lowest BCUT2D eigenvalue weighted by atomic mass is 10.0. The maximum absolute atomic E-state index is 11.8. The fourth-order valence-corrected chi connectivity index (χ4v) is 4.09. The number of nitrogens with one attached hydrogen (secondary N) is 4. The zero-order chi connectivity index (χ0) is 21.9. The Balaban J connectivity index is 1.58. The highest BCUT2D eigenvalue weighted by atomic mass is 35.5. The lowest BCUT2D eigenvalue weighted by molar-refractivity contribution is 0.0981. The van der Waals surface area contributed by atoms with E-state index in [-0.39, 0.29) is 35.0 Å². The van der Waals surface area contributed by atoms with Crippen LogP contribution in [0, 0.1) is 0 Å². The monoisotopic (exact) mass is 456 g/mol. The number of alkyl carbamates (subject to hydrolysis) is 1. The van der Waals surface area contributed by atoms with Crippen LogP contribution in [0.25, 0.3) is 0 Å². The number of aromatic nitrogens is 3. The van der Waals surface area contributed by atoms with Crippen LogP contribution in [-0.4, -0.2) is 48.1 Å². The standard InChI is InChI=1S/C18H25ClN6O4S/c1-10(2)20-18(26)29-12-5-4-11(8-12)14-9-16(24-23-14)21-15-7-6-13(17(19)22-15)25-30(3,27)28/h6-7,9-12,25H,4-5,8H2,1-3H3,(H,20,26)(H2,21,22,23,24)/t11-,12+/m1/s1. The number of carbonyl (C=O) groups excluding carboxylic acids is 1. The molecule has 0 unspecified atom stereocenters. The van der Waals surface area contributed by atoms with Gasteiger partial charge < -0.3 is 15.4 Å². The molecular weight excluding hydrogens is 432 g/mol. The highest BCUT2D eigenvalue weighted by Crippen LogP contribution is 2.36. The summed E-state index contributed by atoms with van der Waals surface area (Å²) in [5.74, 6) is 1.19. The highest BCUT2D eigenvalue weighted by Gasteiger charge is 2.30. The lowest BCUT2D eigenvalue weighted by Crippen LogP contribution is -2.33. The third-order valence-corrected chi connectivity index (χ3v) is 5.38. The van der Waals surface area contributed by atoms with Crippen LogP contribution in [0.3, 0.4) is 0 Å². The summed E-state index contributed by atoms with van der Waals surface area (Å²) < 4.78 is 30.4. The molecule has 0 radical (unpaired) electrons. The van der Waals surface area contributed by atoms with Crippen molar-refractivity contribution >= 4 is 45.0 Å². The molecule has 30 heavy (non-hydrogen) atoms. The Bertz CT molecular complexity index is 1010. The van der Waals surface area contributed by atoms with Gasteiger partial charge in [-0.25, -0.2) is 18.2 Å². The highest BCUT2D eigenvalue weighted by molar-refractivity contribution is 7.92. The molecule has 2 aromatic rings. The number of carbonyl (C=O) groups is 1. The summed E-state index contributed by atoms with van der Waals surface area (Å²) in [6.07, 6.45) is 2.93. The van der Waals surface area contributed by atoms with Crippen LogP contribution in [0.15, 0.2) is 18.2 Å². The molecule has 12 heteroatoms. The number of amides is 1. The Kier molecular flexibility index (Phi) is 6.71. The van der Waals surface area contributed by atoms with Gasteiger partial charge in [0.25, 0.3) is 0 Å². The number of rotatable bonds is 7. The minimum Gasteiger partial charge on any atom is -0.446 e. The second kappa shape index (κ2) is 9.09. The topological polar surface area (TPSA) is 138 Å². The first kappa shape index (κ1) is 22.2. The van der Waals surface area contributed by atoms with Gasteiger partial charge in [0.2, 0.25) is 10.0 Å². The smallest absolute Gasteiger partial charge is 0.407 e. The van der Waals surface area contributed by atoms with Crippen LogP contribution in [0.5, 0.6) is 0 Å². The van der Waals surface area contributed by atoms with E-state index in [0.717, 1.165) is 31.2 Å². The van der Waals surface area contributed by atoms with E-state index in [0.29, 0.717) is 11.6 Å². The molecule has 0 aromatic carbocycles. The van der Waals surface area contributed by atoms with Crippen LogP contribution >= 0.6 is 11.6 Å². The fourth-order valence-electron chi connectivity index (χ4n) is 3.27. The maximum Gasteiger partial charge on any atom is 0.407 e. The second-order valence-corrected chi connectivity index (χ2v) is 9.69. The molecule has 2 heterocycles. The Morgan fingerprint density at radius 1 is 1.30 bits per heavy atom. The predicted molar refractivity (Wildman–Crippen MR) is 115 cm³/mol. The number of hydrogen-bond donors (Lipinski definition) is 4. The summed E-state index contributed by atoms with van der Waals surface area (Å²) in [4.78, 5) is 15.9. The van der Waals surface area contributed by atoms with Gasteiger partial charge in [-0.15, -0.1) is 0 Å². The minimum atomic E-state index is -3.44. The molecule has 2 atom stereocenters. The van der Waals surface area contributed by atoms with Crippen molar-refractivity contribution in [3.63, 3.8) is 0 Å². The van der Waals surface area contributed by atoms with E-state index in [2.05, 4.69) is 30.5 Å². The summed E-state index contributed by atoms with van der Waals surface area (Å²) in [6, 6.07) is 5.03. The van der Waals surface area contributed by atoms with E-state index in [4.69, 9.17) is 16.3 Å². The van der Waals surface area contributed by atoms with Crippen molar-refractivity contribution in [2.75, 3.05) is 16.3 Å². The van der Waals surface area contributed by atoms with Gasteiger partial charge >= 0.3 is 6.09 Å². The average Bonchev–Trinajstić information content (AvgIpc) is 3.25. The molecular formula is C18H25ClN6O4S. The number of hydrogen-bond acceptors (Lipinski definition) is 7. The molecule has 3 rings (SSSR count). The van der Waals surface area contributed by atoms with E-state index >= 15 is 0 Å². The zero-order valence-corrected chi connectivity index (χ0v) is 18.5. The largest absolute Gasteiger partial charge is 0.446 e. The summed E-state index contributed by atoms with van der Waals surface area (Å²) in [5.41, 5.74) is 1.14. The van der Waals surface area contributed by atoms with Gasteiger partial charge in [0.1, 0.15) is 11.9 Å². The number of aromatic amines is 1. The molecule has 0 bridgehead atoms. The quantitative estimate of drug-likeness (QED) is 0.468. The SMILES string of the molecule is CC(C)NC(=O)O[C@H]1CC[C@@H](c2cc(Nc3ccc(NS(C)(=O)=O)c(Cl)n3)n[nH]2)C1. The predicted octanol–water partition coefficient (Wildman–Crippen LogP) is 3.34. The van der Waals surface area contributed by atoms with E-state index in [1.54, 1.807) is 6.07 Å². The Labute approximate surface area is 180 Å². The molecule has 0 aliphatic heterocycles. The summed E-state index contributed by atoms with van der Waals surface area (Å²) >= 11 is 6.05. The van der Waals surface area contributed by atoms with Crippen molar-refractivity contribution in [3.05, 3.63) is 29.0 Å². The van der Waals surface area contributed by atoms with Crippen LogP contribution in [0.4, 0.5) is 22.1 Å². The normalized spacial score (nSPS) is 19.0. The van der Waals surface area contributed by atoms with Crippen molar-refractivity contribution in [1.29, 1.82) is 0 Å². The first-order valence-corrected chi connectivity index (χ1v) is 11.8. The number of H-pyrrole nitrogens is 1. The van der Waals surface area contributed by atoms with Gasteiger partial charge in [-0.2, -0.15) is 5.10 Å². The first-order valence-electron chi connectivity index (χ1n) is 9.53. The molecule has 0 spiro atoms. The third-order valence-electron chi connectivity index (χ3n) is 4.50. The van der Waals surface area contributed by atoms with Crippen LogP contribution in [-0.2, 0) is 14.8 Å². The molecule has 1 amide bonds. The van der Waals surface area contributed by atoms with Crippen molar-refractivity contribution in [1.82, 2.24) is 20.5 Å². The Hall–Kier alpha value is -2.53. The number of halogens is 1. The van der Waals surface area contributed by atoms with Gasteiger partial charge in [0, 0.05) is 23.7 Å². The number of nitrogens with zero attached hydrogens (tertiary/aromatic N) is 2. The molecule has 1 aliphatic carbocycles. The van der Waals surface area contributed by atoms with Gasteiger partial charge in [-0.05, 0) is 45.2 Å². The van der Waals surface area contributed by atoms with Crippen molar-refractivity contribution in [2.24, 2.45) is 0 Å². The molecule has 1 saturated carbocycles. The summed E-state index contributed by atoms with van der Waals surface area (Å²) in [7, 11) is -3.44. The summed E-state index contributed by atoms with van der Waals surface area (Å²) in [5, 5.41) is 13.0. The van der Waals surface area contributed by atoms with Crippen LogP contribution < -0.4 is 15.4 Å². The van der Waals surface area contributed by atoms with E-state index in [1.165, 1.54) is 6.07 Å². The number of sulfonamides is 1. The molecule has 0 saturated heterocycles. The third kappa shape index (κ3) is 6.23. The number of pyridine rings is 1. The van der Waals surface area contributed by atoms with Gasteiger partial charge in [-0.1, -0.05) is 11.6 Å². The average molecular weight is 457 g/mol. The minimum absolute atomic E-state index is 0.0247. The molecule has 1 aliphatic rings. The van der Waals surface area contributed by atoms with Crippen LogP contribution in [0.2, 0.25) is 5.15 Å². The molecule has 1 fully saturated rings. The Morgan fingerprint density at radius 2 is 2.07 bits per heavy atom. The maximum atomic E-state index is 11.8. The number of anilines is 3. The van der Waals surface area contributed by atoms with Gasteiger partial charge in [0.05, 0.1) is 11.9 Å².